The predicted octanol–water partition coefficient (Wildman–Crippen LogP) is 3.74. The number of aromatic nitrogens is 1. The van der Waals surface area contributed by atoms with E-state index in [0.29, 0.717) is 19.2 Å². The number of aliphatic hydroxyl groups is 1. The van der Waals surface area contributed by atoms with Crippen LogP contribution in [0.2, 0.25) is 0 Å². The third kappa shape index (κ3) is 3.35. The Morgan fingerprint density at radius 3 is 2.54 bits per heavy atom. The summed E-state index contributed by atoms with van der Waals surface area (Å²) >= 11 is 0. The molecule has 142 valence electrons. The molecule has 26 heavy (non-hydrogen) atoms. The molecule has 3 N–H and O–H groups in total. The van der Waals surface area contributed by atoms with Crippen LogP contribution in [0, 0.1) is 23.7 Å². The molecule has 0 spiro atoms. The number of hydrogen-bond donors (Lipinski definition) is 3. The molecule has 4 aliphatic carbocycles. The van der Waals surface area contributed by atoms with Crippen molar-refractivity contribution in [1.82, 2.24) is 10.3 Å². The molecule has 0 radical (unpaired) electrons. The summed E-state index contributed by atoms with van der Waals surface area (Å²) in [4.78, 5) is 3.19. The van der Waals surface area contributed by atoms with E-state index >= 15 is 0 Å². The molecule has 1 atom stereocenters. The van der Waals surface area contributed by atoms with Crippen molar-refractivity contribution in [3.05, 3.63) is 30.5 Å². The van der Waals surface area contributed by atoms with Crippen LogP contribution in [0.25, 0.3) is 10.9 Å². The molecule has 4 saturated carbocycles. The van der Waals surface area contributed by atoms with Crippen LogP contribution in [-0.2, 0) is 0 Å². The molecule has 4 nitrogen and oxygen atoms in total. The summed E-state index contributed by atoms with van der Waals surface area (Å²) in [6.45, 7) is 0.973. The lowest BCUT2D eigenvalue weighted by molar-refractivity contribution is -0.0188. The van der Waals surface area contributed by atoms with Gasteiger partial charge >= 0.3 is 0 Å². The number of H-pyrrole nitrogens is 1. The van der Waals surface area contributed by atoms with Gasteiger partial charge in [-0.15, -0.1) is 12.4 Å². The highest BCUT2D eigenvalue weighted by molar-refractivity contribution is 5.86. The molecular weight excluding hydrogens is 348 g/mol. The van der Waals surface area contributed by atoms with E-state index in [1.165, 1.54) is 32.1 Å². The van der Waals surface area contributed by atoms with Gasteiger partial charge in [0, 0.05) is 29.7 Å². The standard InChI is InChI=1S/C21H28N2O2.ClH/c24-17(12-25-20-3-1-2-19-18(20)4-5-22-19)11-23-21-15-7-13-6-14(9-15)10-16(21)8-13;/h1-5,13-17,21-24H,6-12H2;1H/t13?,14?,15?,16?,17-,21?;/m0./s1. The number of aromatic amines is 1. The molecule has 2 aromatic rings. The van der Waals surface area contributed by atoms with Crippen molar-refractivity contribution in [3.8, 4) is 5.75 Å². The number of benzene rings is 1. The number of halogens is 1. The maximum absolute atomic E-state index is 10.4. The summed E-state index contributed by atoms with van der Waals surface area (Å²) in [5.41, 5.74) is 1.07. The van der Waals surface area contributed by atoms with Gasteiger partial charge < -0.3 is 20.1 Å². The van der Waals surface area contributed by atoms with Crippen LogP contribution in [0.15, 0.2) is 30.5 Å². The van der Waals surface area contributed by atoms with Gasteiger partial charge in [-0.05, 0) is 74.0 Å². The van der Waals surface area contributed by atoms with Crippen LogP contribution in [-0.4, -0.2) is 35.4 Å². The lowest BCUT2D eigenvalue weighted by atomic mass is 9.54. The molecule has 6 rings (SSSR count). The van der Waals surface area contributed by atoms with E-state index < -0.39 is 6.10 Å². The summed E-state index contributed by atoms with van der Waals surface area (Å²) in [6.07, 6.45) is 8.58. The van der Waals surface area contributed by atoms with Gasteiger partial charge in [0.2, 0.25) is 0 Å². The molecule has 4 fully saturated rings. The van der Waals surface area contributed by atoms with Crippen molar-refractivity contribution in [3.63, 3.8) is 0 Å². The third-order valence-electron chi connectivity index (χ3n) is 6.80. The Morgan fingerprint density at radius 1 is 1.08 bits per heavy atom. The number of nitrogens with one attached hydrogen (secondary N) is 2. The zero-order chi connectivity index (χ0) is 16.8. The highest BCUT2D eigenvalue weighted by Gasteiger charge is 2.47. The average Bonchev–Trinajstić information content (AvgIpc) is 3.08. The summed E-state index contributed by atoms with van der Waals surface area (Å²) in [6, 6.07) is 8.62. The molecule has 1 heterocycles. The quantitative estimate of drug-likeness (QED) is 0.719. The minimum atomic E-state index is -0.466. The van der Waals surface area contributed by atoms with Crippen molar-refractivity contribution in [2.24, 2.45) is 23.7 Å². The van der Waals surface area contributed by atoms with Crippen LogP contribution in [0.4, 0.5) is 0 Å². The molecule has 0 saturated heterocycles. The minimum absolute atomic E-state index is 0. The molecule has 0 amide bonds. The maximum Gasteiger partial charge on any atom is 0.128 e. The van der Waals surface area contributed by atoms with Gasteiger partial charge in [0.25, 0.3) is 0 Å². The van der Waals surface area contributed by atoms with E-state index in [2.05, 4.69) is 10.3 Å². The van der Waals surface area contributed by atoms with E-state index in [1.54, 1.807) is 0 Å². The Kier molecular flexibility index (Phi) is 5.18. The van der Waals surface area contributed by atoms with Crippen LogP contribution in [0.1, 0.15) is 32.1 Å². The minimum Gasteiger partial charge on any atom is -0.490 e. The molecule has 5 heteroatoms. The Morgan fingerprint density at radius 2 is 1.81 bits per heavy atom. The number of hydrogen-bond acceptors (Lipinski definition) is 3. The van der Waals surface area contributed by atoms with Crippen LogP contribution in [0.5, 0.6) is 5.75 Å². The third-order valence-corrected chi connectivity index (χ3v) is 6.80. The molecule has 0 aliphatic heterocycles. The fourth-order valence-electron chi connectivity index (χ4n) is 5.96. The maximum atomic E-state index is 10.4. The lowest BCUT2D eigenvalue weighted by Gasteiger charge is -2.54. The Bertz CT molecular complexity index is 718. The van der Waals surface area contributed by atoms with E-state index in [4.69, 9.17) is 4.74 Å². The van der Waals surface area contributed by atoms with Crippen LogP contribution < -0.4 is 10.1 Å². The van der Waals surface area contributed by atoms with E-state index in [0.717, 1.165) is 40.3 Å². The fraction of sp³-hybridized carbons (Fsp3) is 0.619. The highest BCUT2D eigenvalue weighted by Crippen LogP contribution is 2.53. The first-order chi connectivity index (χ1) is 12.3. The molecule has 1 aromatic heterocycles. The first-order valence-corrected chi connectivity index (χ1v) is 9.86. The topological polar surface area (TPSA) is 57.3 Å². The van der Waals surface area contributed by atoms with Gasteiger partial charge in [0.1, 0.15) is 18.5 Å². The highest BCUT2D eigenvalue weighted by atomic mass is 35.5. The average molecular weight is 377 g/mol. The second kappa shape index (κ2) is 7.41. The van der Waals surface area contributed by atoms with Crippen LogP contribution >= 0.6 is 12.4 Å². The molecular formula is C21H29ClN2O2. The summed E-state index contributed by atoms with van der Waals surface area (Å²) in [5, 5.41) is 15.2. The van der Waals surface area contributed by atoms with Gasteiger partial charge in [0.05, 0.1) is 0 Å². The molecule has 4 bridgehead atoms. The second-order valence-corrected chi connectivity index (χ2v) is 8.52. The number of aliphatic hydroxyl groups excluding tert-OH is 1. The van der Waals surface area contributed by atoms with Crippen molar-refractivity contribution >= 4 is 23.3 Å². The lowest BCUT2D eigenvalue weighted by Crippen LogP contribution is -2.55. The predicted molar refractivity (Wildman–Crippen MR) is 106 cm³/mol. The van der Waals surface area contributed by atoms with Gasteiger partial charge in [-0.25, -0.2) is 0 Å². The van der Waals surface area contributed by atoms with Crippen molar-refractivity contribution in [2.75, 3.05) is 13.2 Å². The van der Waals surface area contributed by atoms with E-state index in [9.17, 15) is 5.11 Å². The number of fused-ring (bicyclic) bond motifs is 1. The van der Waals surface area contributed by atoms with E-state index in [-0.39, 0.29) is 12.4 Å². The first-order valence-electron chi connectivity index (χ1n) is 9.86. The second-order valence-electron chi connectivity index (χ2n) is 8.52. The summed E-state index contributed by atoms with van der Waals surface area (Å²) < 4.78 is 5.89. The molecule has 4 aliphatic rings. The Hall–Kier alpha value is -1.23. The monoisotopic (exact) mass is 376 g/mol. The SMILES string of the molecule is Cl.O[C@@H](CNC1C2CC3CC(C2)CC1C3)COc1cccc2[nH]ccc12. The van der Waals surface area contributed by atoms with Crippen molar-refractivity contribution in [2.45, 2.75) is 44.2 Å². The van der Waals surface area contributed by atoms with Crippen molar-refractivity contribution < 1.29 is 9.84 Å². The molecule has 1 aromatic carbocycles. The fourth-order valence-corrected chi connectivity index (χ4v) is 5.96. The zero-order valence-electron chi connectivity index (χ0n) is 15.1. The van der Waals surface area contributed by atoms with Gasteiger partial charge in [-0.3, -0.25) is 0 Å². The Balaban J connectivity index is 0.00000168. The first kappa shape index (κ1) is 18.1. The van der Waals surface area contributed by atoms with Gasteiger partial charge in [-0.1, -0.05) is 6.07 Å². The van der Waals surface area contributed by atoms with Crippen LogP contribution in [0.3, 0.4) is 0 Å². The smallest absolute Gasteiger partial charge is 0.128 e. The zero-order valence-corrected chi connectivity index (χ0v) is 15.9. The molecule has 0 unspecified atom stereocenters. The normalized spacial score (nSPS) is 33.2. The summed E-state index contributed by atoms with van der Waals surface area (Å²) in [5.74, 6) is 4.52. The largest absolute Gasteiger partial charge is 0.490 e. The van der Waals surface area contributed by atoms with Crippen molar-refractivity contribution in [1.29, 1.82) is 0 Å². The van der Waals surface area contributed by atoms with Gasteiger partial charge in [0.15, 0.2) is 0 Å². The Labute approximate surface area is 161 Å². The summed E-state index contributed by atoms with van der Waals surface area (Å²) in [7, 11) is 0. The number of rotatable bonds is 6. The van der Waals surface area contributed by atoms with E-state index in [1.807, 2.05) is 30.5 Å². The number of ether oxygens (including phenoxy) is 1. The van der Waals surface area contributed by atoms with Gasteiger partial charge in [-0.2, -0.15) is 0 Å².